The van der Waals surface area contributed by atoms with E-state index < -0.39 is 0 Å². The lowest BCUT2D eigenvalue weighted by Gasteiger charge is -2.09. The lowest BCUT2D eigenvalue weighted by molar-refractivity contribution is 0.102. The molecule has 0 aliphatic heterocycles. The molecule has 1 amide bonds. The maximum atomic E-state index is 12.8. The summed E-state index contributed by atoms with van der Waals surface area (Å²) < 4.78 is 5.90. The predicted molar refractivity (Wildman–Crippen MR) is 107 cm³/mol. The van der Waals surface area contributed by atoms with E-state index in [1.807, 2.05) is 54.6 Å². The molecule has 0 unspecified atom stereocenters. The second kappa shape index (κ2) is 7.48. The van der Waals surface area contributed by atoms with Gasteiger partial charge in [-0.05, 0) is 24.3 Å². The molecule has 0 spiro atoms. The molecular formula is C22H15ClN2O2. The van der Waals surface area contributed by atoms with Gasteiger partial charge >= 0.3 is 0 Å². The number of oxazole rings is 1. The molecule has 1 aromatic heterocycles. The molecule has 4 aromatic rings. The zero-order chi connectivity index (χ0) is 18.6. The number of carbonyl (C=O) groups excluding carboxylic acids is 1. The topological polar surface area (TPSA) is 55.1 Å². The summed E-state index contributed by atoms with van der Waals surface area (Å²) in [6, 6.07) is 24.0. The number of benzene rings is 3. The monoisotopic (exact) mass is 374 g/mol. The van der Waals surface area contributed by atoms with Crippen LogP contribution < -0.4 is 5.32 Å². The number of para-hydroxylation sites is 1. The lowest BCUT2D eigenvalue weighted by atomic mass is 10.1. The van der Waals surface area contributed by atoms with E-state index in [-0.39, 0.29) is 5.91 Å². The summed E-state index contributed by atoms with van der Waals surface area (Å²) in [6.07, 6.45) is 1.66. The number of hydrogen-bond donors (Lipinski definition) is 1. The maximum Gasteiger partial charge on any atom is 0.256 e. The Morgan fingerprint density at radius 2 is 1.59 bits per heavy atom. The average molecular weight is 375 g/mol. The quantitative estimate of drug-likeness (QED) is 0.482. The van der Waals surface area contributed by atoms with Crippen LogP contribution in [0.5, 0.6) is 0 Å². The number of hydrogen-bond acceptors (Lipinski definition) is 3. The molecule has 0 saturated heterocycles. The molecule has 0 saturated carbocycles. The van der Waals surface area contributed by atoms with Crippen LogP contribution in [-0.2, 0) is 0 Å². The first-order chi connectivity index (χ1) is 13.2. The summed E-state index contributed by atoms with van der Waals surface area (Å²) in [5.74, 6) is 0.754. The van der Waals surface area contributed by atoms with E-state index in [9.17, 15) is 4.79 Å². The molecule has 5 heteroatoms. The number of rotatable bonds is 4. The Labute approximate surface area is 161 Å². The van der Waals surface area contributed by atoms with Gasteiger partial charge in [0.25, 0.3) is 5.91 Å². The van der Waals surface area contributed by atoms with E-state index in [0.29, 0.717) is 33.5 Å². The van der Waals surface area contributed by atoms with Gasteiger partial charge in [0.05, 0.1) is 22.5 Å². The number of halogens is 1. The van der Waals surface area contributed by atoms with Crippen LogP contribution in [0, 0.1) is 0 Å². The molecular weight excluding hydrogens is 360 g/mol. The summed E-state index contributed by atoms with van der Waals surface area (Å²) in [6.45, 7) is 0. The van der Waals surface area contributed by atoms with Crippen LogP contribution in [-0.4, -0.2) is 10.9 Å². The van der Waals surface area contributed by atoms with Gasteiger partial charge in [0.2, 0.25) is 5.89 Å². The molecule has 1 N–H and O–H groups in total. The number of aromatic nitrogens is 1. The van der Waals surface area contributed by atoms with E-state index >= 15 is 0 Å². The fourth-order valence-corrected chi connectivity index (χ4v) is 2.94. The fourth-order valence-electron chi connectivity index (χ4n) is 2.75. The van der Waals surface area contributed by atoms with Crippen LogP contribution in [0.25, 0.3) is 22.8 Å². The van der Waals surface area contributed by atoms with Gasteiger partial charge in [-0.2, -0.15) is 0 Å². The van der Waals surface area contributed by atoms with Crippen LogP contribution in [0.4, 0.5) is 5.69 Å². The Bertz CT molecular complexity index is 1090. The van der Waals surface area contributed by atoms with Crippen LogP contribution in [0.15, 0.2) is 89.5 Å². The highest BCUT2D eigenvalue weighted by Crippen LogP contribution is 2.29. The van der Waals surface area contributed by atoms with E-state index in [4.69, 9.17) is 16.0 Å². The largest absolute Gasteiger partial charge is 0.436 e. The van der Waals surface area contributed by atoms with E-state index in [1.165, 1.54) is 0 Å². The molecule has 0 fully saturated rings. The SMILES string of the molecule is O=C(Nc1ccccc1Cl)c1ccccc1-c1ncc(-c2ccccc2)o1. The lowest BCUT2D eigenvalue weighted by Crippen LogP contribution is -2.13. The van der Waals surface area contributed by atoms with Gasteiger partial charge in [-0.3, -0.25) is 4.79 Å². The molecule has 0 bridgehead atoms. The Morgan fingerprint density at radius 3 is 2.41 bits per heavy atom. The minimum Gasteiger partial charge on any atom is -0.436 e. The minimum atomic E-state index is -0.279. The Morgan fingerprint density at radius 1 is 0.889 bits per heavy atom. The smallest absolute Gasteiger partial charge is 0.256 e. The van der Waals surface area contributed by atoms with Crippen LogP contribution in [0.3, 0.4) is 0 Å². The van der Waals surface area contributed by atoms with Crippen LogP contribution in [0.2, 0.25) is 5.02 Å². The summed E-state index contributed by atoms with van der Waals surface area (Å²) in [5, 5.41) is 3.31. The Balaban J connectivity index is 1.67. The summed E-state index contributed by atoms with van der Waals surface area (Å²) in [4.78, 5) is 17.2. The maximum absolute atomic E-state index is 12.8. The zero-order valence-corrected chi connectivity index (χ0v) is 15.0. The van der Waals surface area contributed by atoms with Gasteiger partial charge in [-0.1, -0.05) is 66.2 Å². The van der Waals surface area contributed by atoms with Crippen molar-refractivity contribution in [2.75, 3.05) is 5.32 Å². The van der Waals surface area contributed by atoms with Gasteiger partial charge in [-0.15, -0.1) is 0 Å². The highest BCUT2D eigenvalue weighted by Gasteiger charge is 2.17. The van der Waals surface area contributed by atoms with Crippen molar-refractivity contribution in [2.24, 2.45) is 0 Å². The molecule has 4 rings (SSSR count). The fraction of sp³-hybridized carbons (Fsp3) is 0. The summed E-state index contributed by atoms with van der Waals surface area (Å²) >= 11 is 6.14. The molecule has 27 heavy (non-hydrogen) atoms. The van der Waals surface area contributed by atoms with Gasteiger partial charge in [0, 0.05) is 11.1 Å². The second-order valence-corrected chi connectivity index (χ2v) is 6.28. The van der Waals surface area contributed by atoms with E-state index in [0.717, 1.165) is 5.56 Å². The van der Waals surface area contributed by atoms with Gasteiger partial charge in [-0.25, -0.2) is 4.98 Å². The van der Waals surface area contributed by atoms with Crippen molar-refractivity contribution in [3.63, 3.8) is 0 Å². The Kier molecular flexibility index (Phi) is 4.73. The summed E-state index contributed by atoms with van der Waals surface area (Å²) in [7, 11) is 0. The molecule has 3 aromatic carbocycles. The van der Waals surface area contributed by atoms with Crippen molar-refractivity contribution < 1.29 is 9.21 Å². The third-order valence-electron chi connectivity index (χ3n) is 4.09. The highest BCUT2D eigenvalue weighted by atomic mass is 35.5. The standard InChI is InChI=1S/C22H15ClN2O2/c23-18-12-6-7-13-19(18)25-21(26)16-10-4-5-11-17(16)22-24-14-20(27-22)15-8-2-1-3-9-15/h1-14H,(H,25,26). The minimum absolute atomic E-state index is 0.279. The first-order valence-electron chi connectivity index (χ1n) is 8.39. The highest BCUT2D eigenvalue weighted by molar-refractivity contribution is 6.34. The third-order valence-corrected chi connectivity index (χ3v) is 4.42. The van der Waals surface area contributed by atoms with Crippen LogP contribution >= 0.6 is 11.6 Å². The molecule has 132 valence electrons. The third kappa shape index (κ3) is 3.61. The number of amides is 1. The summed E-state index contributed by atoms with van der Waals surface area (Å²) in [5.41, 5.74) is 2.55. The number of nitrogens with one attached hydrogen (secondary N) is 1. The van der Waals surface area contributed by atoms with Crippen molar-refractivity contribution in [2.45, 2.75) is 0 Å². The zero-order valence-electron chi connectivity index (χ0n) is 14.2. The molecule has 0 radical (unpaired) electrons. The van der Waals surface area contributed by atoms with Crippen molar-refractivity contribution >= 4 is 23.2 Å². The number of anilines is 1. The van der Waals surface area contributed by atoms with Gasteiger partial charge in [0.15, 0.2) is 5.76 Å². The van der Waals surface area contributed by atoms with E-state index in [1.54, 1.807) is 30.5 Å². The predicted octanol–water partition coefficient (Wildman–Crippen LogP) is 5.91. The second-order valence-electron chi connectivity index (χ2n) is 5.88. The van der Waals surface area contributed by atoms with Crippen LogP contribution in [0.1, 0.15) is 10.4 Å². The first-order valence-corrected chi connectivity index (χ1v) is 8.77. The number of carbonyl (C=O) groups is 1. The molecule has 4 nitrogen and oxygen atoms in total. The molecule has 1 heterocycles. The number of nitrogens with zero attached hydrogens (tertiary/aromatic N) is 1. The van der Waals surface area contributed by atoms with Crippen molar-refractivity contribution in [3.8, 4) is 22.8 Å². The van der Waals surface area contributed by atoms with Crippen molar-refractivity contribution in [1.29, 1.82) is 0 Å². The normalized spacial score (nSPS) is 10.6. The Hall–Kier alpha value is -3.37. The van der Waals surface area contributed by atoms with Gasteiger partial charge in [0.1, 0.15) is 0 Å². The first kappa shape index (κ1) is 17.1. The average Bonchev–Trinajstić information content (AvgIpc) is 3.20. The van der Waals surface area contributed by atoms with Crippen molar-refractivity contribution in [1.82, 2.24) is 4.98 Å². The van der Waals surface area contributed by atoms with Crippen molar-refractivity contribution in [3.05, 3.63) is 95.6 Å². The van der Waals surface area contributed by atoms with Gasteiger partial charge < -0.3 is 9.73 Å². The van der Waals surface area contributed by atoms with E-state index in [2.05, 4.69) is 10.3 Å². The molecule has 0 atom stereocenters. The molecule has 0 aliphatic carbocycles. The molecule has 0 aliphatic rings.